The van der Waals surface area contributed by atoms with Crippen molar-refractivity contribution in [3.8, 4) is 10.4 Å². The Hall–Kier alpha value is -1.59. The molecular formula is C19H14BrF3S. The SMILES string of the molecule is Cc1c(Br)cccc1Cc1ccc(-c2cccc(C(F)(F)F)c2)s1. The lowest BCUT2D eigenvalue weighted by Crippen LogP contribution is -2.04. The molecule has 0 amide bonds. The average Bonchev–Trinajstić information content (AvgIpc) is 3.00. The Morgan fingerprint density at radius 2 is 1.75 bits per heavy atom. The molecule has 0 aliphatic carbocycles. The molecule has 2 aromatic carbocycles. The Labute approximate surface area is 151 Å². The highest BCUT2D eigenvalue weighted by Gasteiger charge is 2.30. The lowest BCUT2D eigenvalue weighted by atomic mass is 10.1. The molecule has 0 radical (unpaired) electrons. The van der Waals surface area contributed by atoms with Crippen molar-refractivity contribution in [1.82, 2.24) is 0 Å². The molecule has 1 heterocycles. The molecule has 0 saturated carbocycles. The van der Waals surface area contributed by atoms with E-state index < -0.39 is 11.7 Å². The predicted octanol–water partition coefficient (Wildman–Crippen LogP) is 7.10. The number of alkyl halides is 3. The van der Waals surface area contributed by atoms with Gasteiger partial charge in [-0.1, -0.05) is 40.2 Å². The van der Waals surface area contributed by atoms with Gasteiger partial charge in [0.2, 0.25) is 0 Å². The van der Waals surface area contributed by atoms with Gasteiger partial charge in [0, 0.05) is 20.6 Å². The molecule has 5 heteroatoms. The third-order valence-electron chi connectivity index (χ3n) is 3.88. The van der Waals surface area contributed by atoms with Gasteiger partial charge in [-0.15, -0.1) is 11.3 Å². The van der Waals surface area contributed by atoms with Gasteiger partial charge in [-0.25, -0.2) is 0 Å². The summed E-state index contributed by atoms with van der Waals surface area (Å²) in [5.41, 5.74) is 2.39. The van der Waals surface area contributed by atoms with Gasteiger partial charge < -0.3 is 0 Å². The summed E-state index contributed by atoms with van der Waals surface area (Å²) >= 11 is 5.06. The fourth-order valence-corrected chi connectivity index (χ4v) is 3.94. The molecule has 3 aromatic rings. The van der Waals surface area contributed by atoms with Gasteiger partial charge in [0.1, 0.15) is 0 Å². The molecule has 0 bridgehead atoms. The Kier molecular flexibility index (Phi) is 4.83. The number of rotatable bonds is 3. The minimum Gasteiger partial charge on any atom is -0.166 e. The highest BCUT2D eigenvalue weighted by molar-refractivity contribution is 9.10. The molecule has 3 rings (SSSR count). The Morgan fingerprint density at radius 1 is 1.00 bits per heavy atom. The lowest BCUT2D eigenvalue weighted by molar-refractivity contribution is -0.137. The third kappa shape index (κ3) is 3.73. The Bertz CT molecular complexity index is 865. The monoisotopic (exact) mass is 410 g/mol. The molecule has 124 valence electrons. The number of benzene rings is 2. The zero-order valence-corrected chi connectivity index (χ0v) is 15.2. The van der Waals surface area contributed by atoms with Crippen LogP contribution in [0.4, 0.5) is 13.2 Å². The quantitative estimate of drug-likeness (QED) is 0.431. The zero-order valence-electron chi connectivity index (χ0n) is 12.8. The first kappa shape index (κ1) is 17.2. The number of hydrogen-bond donors (Lipinski definition) is 0. The van der Waals surface area contributed by atoms with Gasteiger partial charge in [0.05, 0.1) is 5.56 Å². The van der Waals surface area contributed by atoms with E-state index in [1.807, 2.05) is 24.3 Å². The molecular weight excluding hydrogens is 397 g/mol. The van der Waals surface area contributed by atoms with Crippen LogP contribution < -0.4 is 0 Å². The number of thiophene rings is 1. The van der Waals surface area contributed by atoms with Crippen molar-refractivity contribution in [2.24, 2.45) is 0 Å². The van der Waals surface area contributed by atoms with Crippen molar-refractivity contribution in [1.29, 1.82) is 0 Å². The topological polar surface area (TPSA) is 0 Å². The van der Waals surface area contributed by atoms with Gasteiger partial charge in [0.25, 0.3) is 0 Å². The van der Waals surface area contributed by atoms with Crippen molar-refractivity contribution < 1.29 is 13.2 Å². The van der Waals surface area contributed by atoms with Crippen LogP contribution >= 0.6 is 27.3 Å². The molecule has 0 aliphatic heterocycles. The highest BCUT2D eigenvalue weighted by Crippen LogP contribution is 2.35. The highest BCUT2D eigenvalue weighted by atomic mass is 79.9. The zero-order chi connectivity index (χ0) is 17.3. The van der Waals surface area contributed by atoms with Gasteiger partial charge in [-0.3, -0.25) is 0 Å². The van der Waals surface area contributed by atoms with Gasteiger partial charge in [-0.2, -0.15) is 13.2 Å². The maximum absolute atomic E-state index is 12.9. The fraction of sp³-hybridized carbons (Fsp3) is 0.158. The molecule has 0 N–H and O–H groups in total. The van der Waals surface area contributed by atoms with Crippen LogP contribution in [0.5, 0.6) is 0 Å². The van der Waals surface area contributed by atoms with Gasteiger partial charge >= 0.3 is 6.18 Å². The minimum absolute atomic E-state index is 0.604. The average molecular weight is 411 g/mol. The van der Waals surface area contributed by atoms with Crippen LogP contribution in [0.25, 0.3) is 10.4 Å². The summed E-state index contributed by atoms with van der Waals surface area (Å²) in [6.07, 6.45) is -3.54. The standard InChI is InChI=1S/C19H14BrF3S/c1-12-13(4-3-7-17(12)20)11-16-8-9-18(24-16)14-5-2-6-15(10-14)19(21,22)23/h2-10H,11H2,1H3. The van der Waals surface area contributed by atoms with E-state index in [0.29, 0.717) is 5.56 Å². The summed E-state index contributed by atoms with van der Waals surface area (Å²) in [4.78, 5) is 1.98. The molecule has 24 heavy (non-hydrogen) atoms. The molecule has 0 nitrogen and oxygen atoms in total. The second-order valence-corrected chi connectivity index (χ2v) is 7.57. The van der Waals surface area contributed by atoms with Gasteiger partial charge in [-0.05, 0) is 53.9 Å². The predicted molar refractivity (Wildman–Crippen MR) is 96.4 cm³/mol. The van der Waals surface area contributed by atoms with E-state index in [-0.39, 0.29) is 0 Å². The van der Waals surface area contributed by atoms with Crippen LogP contribution in [0, 0.1) is 6.92 Å². The molecule has 1 aromatic heterocycles. The van der Waals surface area contributed by atoms with E-state index >= 15 is 0 Å². The first-order valence-electron chi connectivity index (χ1n) is 7.35. The van der Waals surface area contributed by atoms with Crippen LogP contribution in [0.15, 0.2) is 59.1 Å². The summed E-state index contributed by atoms with van der Waals surface area (Å²) in [6, 6.07) is 15.4. The first-order valence-corrected chi connectivity index (χ1v) is 8.96. The molecule has 0 fully saturated rings. The third-order valence-corrected chi connectivity index (χ3v) is 5.87. The normalized spacial score (nSPS) is 11.7. The van der Waals surface area contributed by atoms with Crippen molar-refractivity contribution in [2.75, 3.05) is 0 Å². The Morgan fingerprint density at radius 3 is 2.50 bits per heavy atom. The first-order chi connectivity index (χ1) is 11.3. The Balaban J connectivity index is 1.87. The minimum atomic E-state index is -4.32. The summed E-state index contributed by atoms with van der Waals surface area (Å²) in [7, 11) is 0. The summed E-state index contributed by atoms with van der Waals surface area (Å²) < 4.78 is 39.6. The fourth-order valence-electron chi connectivity index (χ4n) is 2.51. The van der Waals surface area contributed by atoms with Crippen molar-refractivity contribution in [2.45, 2.75) is 19.5 Å². The van der Waals surface area contributed by atoms with Crippen LogP contribution in [0.3, 0.4) is 0 Å². The van der Waals surface area contributed by atoms with Crippen molar-refractivity contribution in [3.63, 3.8) is 0 Å². The number of hydrogen-bond acceptors (Lipinski definition) is 1. The van der Waals surface area contributed by atoms with Gasteiger partial charge in [0.15, 0.2) is 0 Å². The van der Waals surface area contributed by atoms with Crippen LogP contribution in [0.2, 0.25) is 0 Å². The second-order valence-electron chi connectivity index (χ2n) is 5.55. The van der Waals surface area contributed by atoms with E-state index in [1.165, 1.54) is 34.6 Å². The van der Waals surface area contributed by atoms with E-state index in [0.717, 1.165) is 26.7 Å². The molecule has 0 saturated heterocycles. The van der Waals surface area contributed by atoms with Crippen molar-refractivity contribution >= 4 is 27.3 Å². The molecule has 0 unspecified atom stereocenters. The smallest absolute Gasteiger partial charge is 0.166 e. The van der Waals surface area contributed by atoms with Crippen LogP contribution in [-0.2, 0) is 12.6 Å². The molecule has 0 spiro atoms. The molecule has 0 atom stereocenters. The summed E-state index contributed by atoms with van der Waals surface area (Å²) in [5, 5.41) is 0. The maximum Gasteiger partial charge on any atom is 0.416 e. The summed E-state index contributed by atoms with van der Waals surface area (Å²) in [6.45, 7) is 2.06. The van der Waals surface area contributed by atoms with Crippen LogP contribution in [-0.4, -0.2) is 0 Å². The lowest BCUT2D eigenvalue weighted by Gasteiger charge is -2.08. The van der Waals surface area contributed by atoms with E-state index in [2.05, 4.69) is 28.9 Å². The molecule has 0 aliphatic rings. The second kappa shape index (κ2) is 6.73. The maximum atomic E-state index is 12.9. The van der Waals surface area contributed by atoms with Crippen molar-refractivity contribution in [3.05, 3.63) is 80.6 Å². The number of halogens is 4. The largest absolute Gasteiger partial charge is 0.416 e. The van der Waals surface area contributed by atoms with E-state index in [1.54, 1.807) is 6.07 Å². The van der Waals surface area contributed by atoms with E-state index in [4.69, 9.17) is 0 Å². The summed E-state index contributed by atoms with van der Waals surface area (Å²) in [5.74, 6) is 0. The van der Waals surface area contributed by atoms with Crippen LogP contribution in [0.1, 0.15) is 21.6 Å². The van der Waals surface area contributed by atoms with E-state index in [9.17, 15) is 13.2 Å².